The number of piperidine rings is 1. The summed E-state index contributed by atoms with van der Waals surface area (Å²) < 4.78 is 42.4. The van der Waals surface area contributed by atoms with Crippen molar-refractivity contribution in [2.24, 2.45) is 5.92 Å². The van der Waals surface area contributed by atoms with Crippen molar-refractivity contribution in [2.75, 3.05) is 18.0 Å². The average Bonchev–Trinajstić information content (AvgIpc) is 2.60. The molecule has 1 fully saturated rings. The van der Waals surface area contributed by atoms with E-state index in [4.69, 9.17) is 0 Å². The molecule has 0 saturated carbocycles. The van der Waals surface area contributed by atoms with E-state index in [0.717, 1.165) is 37.5 Å². The SMILES string of the molecule is CC.CCCCC1CCN(c2ccc(C(C)C)c(OC(F)(F)F)c2)CC1. The van der Waals surface area contributed by atoms with Gasteiger partial charge in [0, 0.05) is 24.8 Å². The molecule has 1 heterocycles. The fourth-order valence-electron chi connectivity index (χ4n) is 3.38. The molecule has 0 spiro atoms. The second-order valence-electron chi connectivity index (χ2n) is 7.00. The molecule has 2 nitrogen and oxygen atoms in total. The van der Waals surface area contributed by atoms with Crippen molar-refractivity contribution in [1.82, 2.24) is 0 Å². The van der Waals surface area contributed by atoms with Gasteiger partial charge in [-0.3, -0.25) is 0 Å². The molecule has 0 unspecified atom stereocenters. The third kappa shape index (κ3) is 7.08. The molecule has 1 saturated heterocycles. The summed E-state index contributed by atoms with van der Waals surface area (Å²) in [6, 6.07) is 5.24. The number of ether oxygens (including phenoxy) is 1. The highest BCUT2D eigenvalue weighted by Crippen LogP contribution is 2.36. The molecule has 26 heavy (non-hydrogen) atoms. The van der Waals surface area contributed by atoms with Crippen molar-refractivity contribution >= 4 is 5.69 Å². The molecule has 2 rings (SSSR count). The Bertz CT molecular complexity index is 520. The normalized spacial score (nSPS) is 15.7. The van der Waals surface area contributed by atoms with Crippen LogP contribution in [0, 0.1) is 5.92 Å². The Hall–Kier alpha value is -1.39. The molecule has 0 amide bonds. The molecular weight excluding hydrogens is 339 g/mol. The van der Waals surface area contributed by atoms with Crippen molar-refractivity contribution in [2.45, 2.75) is 79.0 Å². The Morgan fingerprint density at radius 1 is 1.15 bits per heavy atom. The van der Waals surface area contributed by atoms with Gasteiger partial charge in [0.1, 0.15) is 5.75 Å². The number of nitrogens with zero attached hydrogens (tertiary/aromatic N) is 1. The minimum absolute atomic E-state index is 0.0174. The van der Waals surface area contributed by atoms with Crippen LogP contribution in [0.2, 0.25) is 0 Å². The van der Waals surface area contributed by atoms with Gasteiger partial charge in [0.2, 0.25) is 0 Å². The van der Waals surface area contributed by atoms with Crippen molar-refractivity contribution in [1.29, 1.82) is 0 Å². The van der Waals surface area contributed by atoms with Gasteiger partial charge >= 0.3 is 6.36 Å². The highest BCUT2D eigenvalue weighted by Gasteiger charge is 2.33. The summed E-state index contributed by atoms with van der Waals surface area (Å²) in [4.78, 5) is 2.18. The third-order valence-corrected chi connectivity index (χ3v) is 4.79. The van der Waals surface area contributed by atoms with E-state index in [1.165, 1.54) is 19.3 Å². The smallest absolute Gasteiger partial charge is 0.405 e. The first-order chi connectivity index (χ1) is 12.3. The fourth-order valence-corrected chi connectivity index (χ4v) is 3.38. The number of hydrogen-bond acceptors (Lipinski definition) is 2. The Kier molecular flexibility index (Phi) is 9.31. The number of alkyl halides is 3. The summed E-state index contributed by atoms with van der Waals surface area (Å²) in [5, 5.41) is 0. The van der Waals surface area contributed by atoms with E-state index in [-0.39, 0.29) is 11.7 Å². The maximum atomic E-state index is 12.7. The van der Waals surface area contributed by atoms with E-state index in [0.29, 0.717) is 5.56 Å². The van der Waals surface area contributed by atoms with Crippen molar-refractivity contribution < 1.29 is 17.9 Å². The molecule has 1 aromatic carbocycles. The predicted molar refractivity (Wildman–Crippen MR) is 103 cm³/mol. The number of anilines is 1. The number of benzene rings is 1. The lowest BCUT2D eigenvalue weighted by molar-refractivity contribution is -0.274. The molecule has 1 aliphatic heterocycles. The summed E-state index contributed by atoms with van der Waals surface area (Å²) in [6.07, 6.45) is 1.31. The summed E-state index contributed by atoms with van der Waals surface area (Å²) >= 11 is 0. The molecule has 5 heteroatoms. The Morgan fingerprint density at radius 2 is 1.77 bits per heavy atom. The molecule has 0 atom stereocenters. The van der Waals surface area contributed by atoms with Gasteiger partial charge in [-0.25, -0.2) is 0 Å². The summed E-state index contributed by atoms with van der Waals surface area (Å²) in [6.45, 7) is 11.8. The largest absolute Gasteiger partial charge is 0.573 e. The maximum Gasteiger partial charge on any atom is 0.573 e. The third-order valence-electron chi connectivity index (χ3n) is 4.79. The van der Waals surface area contributed by atoms with Gasteiger partial charge in [-0.05, 0) is 36.3 Å². The minimum atomic E-state index is -4.66. The zero-order valence-corrected chi connectivity index (χ0v) is 16.8. The van der Waals surface area contributed by atoms with E-state index in [9.17, 15) is 13.2 Å². The second-order valence-corrected chi connectivity index (χ2v) is 7.00. The van der Waals surface area contributed by atoms with E-state index in [2.05, 4.69) is 16.6 Å². The molecule has 150 valence electrons. The molecule has 1 aliphatic rings. The van der Waals surface area contributed by atoms with Crippen LogP contribution in [0.4, 0.5) is 18.9 Å². The van der Waals surface area contributed by atoms with Crippen molar-refractivity contribution in [3.63, 3.8) is 0 Å². The molecular formula is C21H34F3NO. The van der Waals surface area contributed by atoms with Gasteiger partial charge in [0.25, 0.3) is 0 Å². The topological polar surface area (TPSA) is 12.5 Å². The Balaban J connectivity index is 0.00000163. The maximum absolute atomic E-state index is 12.7. The van der Waals surface area contributed by atoms with E-state index in [1.54, 1.807) is 12.1 Å². The van der Waals surface area contributed by atoms with Crippen LogP contribution < -0.4 is 9.64 Å². The minimum Gasteiger partial charge on any atom is -0.405 e. The highest BCUT2D eigenvalue weighted by atomic mass is 19.4. The van der Waals surface area contributed by atoms with Crippen LogP contribution in [-0.4, -0.2) is 19.5 Å². The fraction of sp³-hybridized carbons (Fsp3) is 0.714. The summed E-state index contributed by atoms with van der Waals surface area (Å²) in [5.74, 6) is 0.668. The first kappa shape index (κ1) is 22.7. The Morgan fingerprint density at radius 3 is 2.27 bits per heavy atom. The predicted octanol–water partition coefficient (Wildman–Crippen LogP) is 7.14. The van der Waals surface area contributed by atoms with E-state index >= 15 is 0 Å². The number of hydrogen-bond donors (Lipinski definition) is 0. The second kappa shape index (κ2) is 10.7. The van der Waals surface area contributed by atoms with E-state index in [1.807, 2.05) is 33.8 Å². The molecule has 0 radical (unpaired) electrons. The van der Waals surface area contributed by atoms with Gasteiger partial charge in [-0.15, -0.1) is 13.2 Å². The van der Waals surface area contributed by atoms with Gasteiger partial charge in [-0.2, -0.15) is 0 Å². The first-order valence-corrected chi connectivity index (χ1v) is 9.94. The molecule has 1 aromatic rings. The highest BCUT2D eigenvalue weighted by molar-refractivity contribution is 5.55. The average molecular weight is 374 g/mol. The molecule has 0 bridgehead atoms. The summed E-state index contributed by atoms with van der Waals surface area (Å²) in [5.41, 5.74) is 1.42. The summed E-state index contributed by atoms with van der Waals surface area (Å²) in [7, 11) is 0. The lowest BCUT2D eigenvalue weighted by atomic mass is 9.91. The number of halogens is 3. The lowest BCUT2D eigenvalue weighted by Gasteiger charge is -2.34. The van der Waals surface area contributed by atoms with Crippen LogP contribution in [0.1, 0.15) is 78.2 Å². The van der Waals surface area contributed by atoms with E-state index < -0.39 is 6.36 Å². The zero-order chi connectivity index (χ0) is 19.7. The van der Waals surface area contributed by atoms with Crippen LogP contribution >= 0.6 is 0 Å². The van der Waals surface area contributed by atoms with Crippen LogP contribution in [-0.2, 0) is 0 Å². The van der Waals surface area contributed by atoms with Crippen molar-refractivity contribution in [3.05, 3.63) is 23.8 Å². The van der Waals surface area contributed by atoms with Gasteiger partial charge < -0.3 is 9.64 Å². The van der Waals surface area contributed by atoms with Crippen LogP contribution in [0.25, 0.3) is 0 Å². The number of unbranched alkanes of at least 4 members (excludes halogenated alkanes) is 1. The van der Waals surface area contributed by atoms with Gasteiger partial charge in [0.05, 0.1) is 0 Å². The quantitative estimate of drug-likeness (QED) is 0.525. The lowest BCUT2D eigenvalue weighted by Crippen LogP contribution is -2.33. The molecule has 0 aliphatic carbocycles. The first-order valence-electron chi connectivity index (χ1n) is 9.94. The standard InChI is InChI=1S/C19H28F3NO.C2H6/c1-4-5-6-15-9-11-23(12-10-15)16-7-8-17(14(2)3)18(13-16)24-19(20,21)22;1-2/h7-8,13-15H,4-6,9-12H2,1-3H3;1-2H3. The Labute approximate surface area is 156 Å². The number of rotatable bonds is 6. The molecule has 0 N–H and O–H groups in total. The monoisotopic (exact) mass is 373 g/mol. The van der Waals surface area contributed by atoms with Crippen LogP contribution in [0.5, 0.6) is 5.75 Å². The molecule has 0 aromatic heterocycles. The zero-order valence-electron chi connectivity index (χ0n) is 16.8. The van der Waals surface area contributed by atoms with Crippen molar-refractivity contribution in [3.8, 4) is 5.75 Å². The van der Waals surface area contributed by atoms with Crippen LogP contribution in [0.15, 0.2) is 18.2 Å². The van der Waals surface area contributed by atoms with Crippen LogP contribution in [0.3, 0.4) is 0 Å². The van der Waals surface area contributed by atoms with Gasteiger partial charge in [-0.1, -0.05) is 59.9 Å². The van der Waals surface area contributed by atoms with Gasteiger partial charge in [0.15, 0.2) is 0 Å².